The highest BCUT2D eigenvalue weighted by Crippen LogP contribution is 2.14. The SMILES string of the molecule is O=C(OCC(=O)N1CCN(C(=O)c2cccs2)CC1)c1cnccn1. The minimum atomic E-state index is -0.687. The van der Waals surface area contributed by atoms with Gasteiger partial charge in [-0.05, 0) is 11.4 Å². The molecule has 0 saturated carbocycles. The highest BCUT2D eigenvalue weighted by Gasteiger charge is 2.26. The molecule has 0 N–H and O–H groups in total. The van der Waals surface area contributed by atoms with E-state index in [9.17, 15) is 14.4 Å². The third-order valence-corrected chi connectivity index (χ3v) is 4.61. The van der Waals surface area contributed by atoms with Crippen molar-refractivity contribution >= 4 is 29.1 Å². The molecule has 25 heavy (non-hydrogen) atoms. The van der Waals surface area contributed by atoms with Gasteiger partial charge in [0.15, 0.2) is 12.3 Å². The Morgan fingerprint density at radius 2 is 1.88 bits per heavy atom. The second kappa shape index (κ2) is 7.84. The summed E-state index contributed by atoms with van der Waals surface area (Å²) in [6.07, 6.45) is 4.10. The van der Waals surface area contributed by atoms with Crippen LogP contribution in [-0.2, 0) is 9.53 Å². The van der Waals surface area contributed by atoms with Gasteiger partial charge in [0, 0.05) is 38.6 Å². The second-order valence-corrected chi connectivity index (χ2v) is 6.26. The van der Waals surface area contributed by atoms with Crippen molar-refractivity contribution in [3.8, 4) is 0 Å². The van der Waals surface area contributed by atoms with E-state index in [1.54, 1.807) is 15.9 Å². The van der Waals surface area contributed by atoms with Crippen molar-refractivity contribution in [1.29, 1.82) is 0 Å². The summed E-state index contributed by atoms with van der Waals surface area (Å²) < 4.78 is 4.96. The van der Waals surface area contributed by atoms with Crippen molar-refractivity contribution in [3.63, 3.8) is 0 Å². The lowest BCUT2D eigenvalue weighted by Crippen LogP contribution is -2.51. The van der Waals surface area contributed by atoms with E-state index in [-0.39, 0.29) is 24.1 Å². The van der Waals surface area contributed by atoms with Crippen molar-refractivity contribution in [3.05, 3.63) is 46.7 Å². The van der Waals surface area contributed by atoms with E-state index in [1.807, 2.05) is 11.4 Å². The van der Waals surface area contributed by atoms with E-state index >= 15 is 0 Å². The molecule has 0 aliphatic carbocycles. The molecule has 9 heteroatoms. The Morgan fingerprint density at radius 3 is 2.52 bits per heavy atom. The Balaban J connectivity index is 1.45. The summed E-state index contributed by atoms with van der Waals surface area (Å²) in [4.78, 5) is 47.8. The van der Waals surface area contributed by atoms with Crippen LogP contribution in [0.2, 0.25) is 0 Å². The van der Waals surface area contributed by atoms with Crippen LogP contribution in [0.5, 0.6) is 0 Å². The Bertz CT molecular complexity index is 743. The van der Waals surface area contributed by atoms with Crippen LogP contribution in [0.3, 0.4) is 0 Å². The molecule has 1 aliphatic heterocycles. The topological polar surface area (TPSA) is 92.7 Å². The average Bonchev–Trinajstić information content (AvgIpc) is 3.21. The summed E-state index contributed by atoms with van der Waals surface area (Å²) in [5.41, 5.74) is 0.0571. The van der Waals surface area contributed by atoms with Crippen LogP contribution in [-0.4, -0.2) is 70.3 Å². The highest BCUT2D eigenvalue weighted by molar-refractivity contribution is 7.12. The van der Waals surface area contributed by atoms with E-state index < -0.39 is 5.97 Å². The van der Waals surface area contributed by atoms with Crippen molar-refractivity contribution in [2.45, 2.75) is 0 Å². The van der Waals surface area contributed by atoms with Crippen molar-refractivity contribution in [2.24, 2.45) is 0 Å². The molecule has 3 heterocycles. The van der Waals surface area contributed by atoms with Gasteiger partial charge in [0.25, 0.3) is 11.8 Å². The monoisotopic (exact) mass is 360 g/mol. The molecule has 2 aromatic heterocycles. The van der Waals surface area contributed by atoms with E-state index in [1.165, 1.54) is 29.9 Å². The maximum atomic E-state index is 12.3. The maximum Gasteiger partial charge on any atom is 0.359 e. The van der Waals surface area contributed by atoms with Gasteiger partial charge in [0.1, 0.15) is 0 Å². The van der Waals surface area contributed by atoms with Crippen LogP contribution in [0.15, 0.2) is 36.1 Å². The molecule has 8 nitrogen and oxygen atoms in total. The van der Waals surface area contributed by atoms with Gasteiger partial charge >= 0.3 is 5.97 Å². The fourth-order valence-electron chi connectivity index (χ4n) is 2.41. The average molecular weight is 360 g/mol. The largest absolute Gasteiger partial charge is 0.451 e. The van der Waals surface area contributed by atoms with Crippen LogP contribution in [0.25, 0.3) is 0 Å². The molecule has 2 aromatic rings. The van der Waals surface area contributed by atoms with Gasteiger partial charge in [-0.1, -0.05) is 6.07 Å². The number of hydrogen-bond acceptors (Lipinski definition) is 7. The summed E-state index contributed by atoms with van der Waals surface area (Å²) in [6, 6.07) is 3.62. The zero-order valence-corrected chi connectivity index (χ0v) is 14.1. The van der Waals surface area contributed by atoms with Gasteiger partial charge in [-0.25, -0.2) is 9.78 Å². The lowest BCUT2D eigenvalue weighted by atomic mass is 10.3. The Kier molecular flexibility index (Phi) is 5.34. The molecule has 3 rings (SSSR count). The predicted octanol–water partition coefficient (Wildman–Crippen LogP) is 0.679. The van der Waals surface area contributed by atoms with Gasteiger partial charge in [-0.2, -0.15) is 0 Å². The number of piperazine rings is 1. The van der Waals surface area contributed by atoms with Crippen LogP contribution < -0.4 is 0 Å². The number of thiophene rings is 1. The number of hydrogen-bond donors (Lipinski definition) is 0. The number of amides is 2. The van der Waals surface area contributed by atoms with Crippen LogP contribution in [0.4, 0.5) is 0 Å². The molecule has 0 spiro atoms. The van der Waals surface area contributed by atoms with E-state index in [0.717, 1.165) is 0 Å². The Hall–Kier alpha value is -2.81. The number of ether oxygens (including phenoxy) is 1. The standard InChI is InChI=1S/C16H16N4O4S/c21-14(11-24-16(23)12-10-17-3-4-18-12)19-5-7-20(8-6-19)15(22)13-2-1-9-25-13/h1-4,9-10H,5-8,11H2. The lowest BCUT2D eigenvalue weighted by Gasteiger charge is -2.34. The molecule has 2 amide bonds. The quantitative estimate of drug-likeness (QED) is 0.745. The van der Waals surface area contributed by atoms with Gasteiger partial charge in [0.2, 0.25) is 0 Å². The van der Waals surface area contributed by atoms with Crippen molar-refractivity contribution < 1.29 is 19.1 Å². The Labute approximate surface area is 148 Å². The van der Waals surface area contributed by atoms with Crippen LogP contribution >= 0.6 is 11.3 Å². The molecular formula is C16H16N4O4S. The van der Waals surface area contributed by atoms with Gasteiger partial charge in [-0.15, -0.1) is 11.3 Å². The second-order valence-electron chi connectivity index (χ2n) is 5.32. The summed E-state index contributed by atoms with van der Waals surface area (Å²) in [5.74, 6) is -0.996. The molecule has 0 atom stereocenters. The van der Waals surface area contributed by atoms with E-state index in [2.05, 4.69) is 9.97 Å². The molecule has 1 saturated heterocycles. The zero-order chi connectivity index (χ0) is 17.6. The molecule has 130 valence electrons. The minimum absolute atomic E-state index is 0.0174. The summed E-state index contributed by atoms with van der Waals surface area (Å²) in [5, 5.41) is 1.86. The molecule has 1 fully saturated rings. The van der Waals surface area contributed by atoms with Gasteiger partial charge in [0.05, 0.1) is 11.1 Å². The first kappa shape index (κ1) is 17.0. The lowest BCUT2D eigenvalue weighted by molar-refractivity contribution is -0.136. The maximum absolute atomic E-state index is 12.3. The number of carbonyl (C=O) groups is 3. The van der Waals surface area contributed by atoms with Gasteiger partial charge < -0.3 is 14.5 Å². The number of esters is 1. The van der Waals surface area contributed by atoms with Crippen molar-refractivity contribution in [2.75, 3.05) is 32.8 Å². The van der Waals surface area contributed by atoms with E-state index in [0.29, 0.717) is 31.1 Å². The summed E-state index contributed by atoms with van der Waals surface area (Å²) >= 11 is 1.40. The third-order valence-electron chi connectivity index (χ3n) is 3.75. The minimum Gasteiger partial charge on any atom is -0.451 e. The molecule has 1 aliphatic rings. The predicted molar refractivity (Wildman–Crippen MR) is 89.1 cm³/mol. The smallest absolute Gasteiger partial charge is 0.359 e. The Morgan fingerprint density at radius 1 is 1.12 bits per heavy atom. The molecule has 0 aromatic carbocycles. The normalized spacial score (nSPS) is 14.2. The summed E-state index contributed by atoms with van der Waals surface area (Å²) in [7, 11) is 0. The highest BCUT2D eigenvalue weighted by atomic mass is 32.1. The van der Waals surface area contributed by atoms with Crippen LogP contribution in [0, 0.1) is 0 Å². The number of carbonyl (C=O) groups excluding carboxylic acids is 3. The number of aromatic nitrogens is 2. The number of rotatable bonds is 4. The zero-order valence-electron chi connectivity index (χ0n) is 13.3. The first-order valence-corrected chi connectivity index (χ1v) is 8.57. The van der Waals surface area contributed by atoms with Crippen LogP contribution in [0.1, 0.15) is 20.2 Å². The fourth-order valence-corrected chi connectivity index (χ4v) is 3.10. The van der Waals surface area contributed by atoms with Gasteiger partial charge in [-0.3, -0.25) is 14.6 Å². The first-order chi connectivity index (χ1) is 12.1. The molecule has 0 unspecified atom stereocenters. The van der Waals surface area contributed by atoms with Crippen molar-refractivity contribution in [1.82, 2.24) is 19.8 Å². The molecular weight excluding hydrogens is 344 g/mol. The third kappa shape index (κ3) is 4.18. The van der Waals surface area contributed by atoms with E-state index in [4.69, 9.17) is 4.74 Å². The molecule has 0 radical (unpaired) electrons. The fraction of sp³-hybridized carbons (Fsp3) is 0.312. The first-order valence-electron chi connectivity index (χ1n) is 7.69. The summed E-state index contributed by atoms with van der Waals surface area (Å²) in [6.45, 7) is 1.40. The molecule has 0 bridgehead atoms. The number of nitrogens with zero attached hydrogens (tertiary/aromatic N) is 4.